The Morgan fingerprint density at radius 1 is 1.21 bits per heavy atom. The number of benzene rings is 1. The molecule has 0 spiro atoms. The minimum Gasteiger partial charge on any atom is -0.352 e. The summed E-state index contributed by atoms with van der Waals surface area (Å²) in [5, 5.41) is 12.3. The highest BCUT2D eigenvalue weighted by atomic mass is 32.1. The van der Waals surface area contributed by atoms with E-state index in [2.05, 4.69) is 27.4 Å². The highest BCUT2D eigenvalue weighted by Gasteiger charge is 2.20. The molecular weight excluding hydrogens is 388 g/mol. The molecule has 1 aromatic carbocycles. The number of anilines is 2. The molecule has 2 aromatic heterocycles. The van der Waals surface area contributed by atoms with Gasteiger partial charge in [0.25, 0.3) is 5.56 Å². The van der Waals surface area contributed by atoms with Gasteiger partial charge < -0.3 is 14.8 Å². The van der Waals surface area contributed by atoms with Crippen molar-refractivity contribution in [3.8, 4) is 0 Å². The summed E-state index contributed by atoms with van der Waals surface area (Å²) < 4.78 is 1.66. The van der Waals surface area contributed by atoms with E-state index in [1.165, 1.54) is 11.3 Å². The van der Waals surface area contributed by atoms with Gasteiger partial charge >= 0.3 is 0 Å². The van der Waals surface area contributed by atoms with Gasteiger partial charge in [-0.3, -0.25) is 9.59 Å². The van der Waals surface area contributed by atoms with E-state index in [1.54, 1.807) is 4.57 Å². The van der Waals surface area contributed by atoms with E-state index in [0.717, 1.165) is 54.8 Å². The normalized spacial score (nSPS) is 13.9. The third-order valence-electron chi connectivity index (χ3n) is 4.98. The van der Waals surface area contributed by atoms with E-state index >= 15 is 0 Å². The zero-order valence-electron chi connectivity index (χ0n) is 16.4. The molecule has 0 atom stereocenters. The Morgan fingerprint density at radius 3 is 2.79 bits per heavy atom. The molecule has 4 rings (SSSR count). The number of amides is 1. The monoisotopic (exact) mass is 412 g/mol. The molecule has 29 heavy (non-hydrogen) atoms. The fraction of sp³-hybridized carbons (Fsp3) is 0.450. The average molecular weight is 413 g/mol. The maximum Gasteiger partial charge on any atom is 0.294 e. The quantitative estimate of drug-likeness (QED) is 0.641. The predicted molar refractivity (Wildman–Crippen MR) is 115 cm³/mol. The summed E-state index contributed by atoms with van der Waals surface area (Å²) >= 11 is 1.39. The van der Waals surface area contributed by atoms with Crippen LogP contribution in [0.1, 0.15) is 37.6 Å². The fourth-order valence-electron chi connectivity index (χ4n) is 3.55. The molecule has 0 unspecified atom stereocenters. The molecule has 1 saturated heterocycles. The zero-order valence-corrected chi connectivity index (χ0v) is 17.2. The number of nitrogens with one attached hydrogen (secondary N) is 1. The molecule has 3 aromatic rings. The average Bonchev–Trinajstić information content (AvgIpc) is 3.39. The molecule has 9 heteroatoms. The van der Waals surface area contributed by atoms with Crippen molar-refractivity contribution < 1.29 is 4.79 Å². The van der Waals surface area contributed by atoms with Crippen LogP contribution in [0.3, 0.4) is 0 Å². The van der Waals surface area contributed by atoms with Gasteiger partial charge in [0.2, 0.25) is 11.0 Å². The summed E-state index contributed by atoms with van der Waals surface area (Å²) in [5.41, 5.74) is 1.37. The topological polar surface area (TPSA) is 93.0 Å². The SMILES string of the molecule is CCCc1nnc(NC(=O)CCn2c(=O)c(N3CCCC3)nc3ccccc32)s1. The number of aryl methyl sites for hydroxylation is 2. The molecule has 3 heterocycles. The number of hydrogen-bond donors (Lipinski definition) is 1. The molecular formula is C20H24N6O2S. The second kappa shape index (κ2) is 8.69. The van der Waals surface area contributed by atoms with Crippen LogP contribution < -0.4 is 15.8 Å². The van der Waals surface area contributed by atoms with Crippen molar-refractivity contribution in [2.75, 3.05) is 23.3 Å². The molecule has 1 aliphatic heterocycles. The minimum absolute atomic E-state index is 0.139. The highest BCUT2D eigenvalue weighted by Crippen LogP contribution is 2.19. The van der Waals surface area contributed by atoms with Gasteiger partial charge in [-0.05, 0) is 31.4 Å². The Bertz CT molecular complexity index is 1070. The minimum atomic E-state index is -0.181. The lowest BCUT2D eigenvalue weighted by atomic mass is 10.2. The van der Waals surface area contributed by atoms with Crippen molar-refractivity contribution in [1.29, 1.82) is 0 Å². The molecule has 8 nitrogen and oxygen atoms in total. The Hall–Kier alpha value is -2.81. The van der Waals surface area contributed by atoms with E-state index < -0.39 is 0 Å². The number of rotatable bonds is 7. The molecule has 152 valence electrons. The second-order valence-electron chi connectivity index (χ2n) is 7.12. The molecule has 1 fully saturated rings. The van der Waals surface area contributed by atoms with Crippen LogP contribution in [0.2, 0.25) is 0 Å². The van der Waals surface area contributed by atoms with Crippen LogP contribution in [0.4, 0.5) is 10.9 Å². The van der Waals surface area contributed by atoms with E-state index in [1.807, 2.05) is 29.2 Å². The molecule has 0 aliphatic carbocycles. The van der Waals surface area contributed by atoms with Crippen molar-refractivity contribution in [2.45, 2.75) is 45.6 Å². The molecule has 0 saturated carbocycles. The predicted octanol–water partition coefficient (Wildman–Crippen LogP) is 2.83. The lowest BCUT2D eigenvalue weighted by Crippen LogP contribution is -2.32. The Labute approximate surface area is 172 Å². The second-order valence-corrected chi connectivity index (χ2v) is 8.19. The Morgan fingerprint density at radius 2 is 2.00 bits per heavy atom. The van der Waals surface area contributed by atoms with Crippen LogP contribution in [-0.2, 0) is 17.8 Å². The zero-order chi connectivity index (χ0) is 20.2. The number of nitrogens with zero attached hydrogens (tertiary/aromatic N) is 5. The van der Waals surface area contributed by atoms with Crippen LogP contribution in [0.5, 0.6) is 0 Å². The van der Waals surface area contributed by atoms with Crippen LogP contribution in [0, 0.1) is 0 Å². The van der Waals surface area contributed by atoms with Crippen molar-refractivity contribution in [3.63, 3.8) is 0 Å². The van der Waals surface area contributed by atoms with Gasteiger partial charge in [0.05, 0.1) is 11.0 Å². The number of fused-ring (bicyclic) bond motifs is 1. The van der Waals surface area contributed by atoms with E-state index in [0.29, 0.717) is 10.9 Å². The van der Waals surface area contributed by atoms with Gasteiger partial charge in [0.1, 0.15) is 5.01 Å². The third kappa shape index (κ3) is 4.29. The summed E-state index contributed by atoms with van der Waals surface area (Å²) in [6.45, 7) is 4.05. The number of carbonyl (C=O) groups is 1. The number of hydrogen-bond acceptors (Lipinski definition) is 7. The standard InChI is InChI=1S/C20H24N6O2S/c1-2-7-17-23-24-20(29-17)22-16(27)10-13-26-15-9-4-3-8-14(15)21-18(19(26)28)25-11-5-6-12-25/h3-4,8-9H,2,5-7,10-13H2,1H3,(H,22,24,27). The van der Waals surface area contributed by atoms with Gasteiger partial charge in [0.15, 0.2) is 5.82 Å². The largest absolute Gasteiger partial charge is 0.352 e. The van der Waals surface area contributed by atoms with Crippen molar-refractivity contribution in [1.82, 2.24) is 19.7 Å². The van der Waals surface area contributed by atoms with E-state index in [9.17, 15) is 9.59 Å². The van der Waals surface area contributed by atoms with Crippen molar-refractivity contribution >= 4 is 39.2 Å². The Kier molecular flexibility index (Phi) is 5.84. The van der Waals surface area contributed by atoms with Gasteiger partial charge in [-0.15, -0.1) is 10.2 Å². The van der Waals surface area contributed by atoms with Gasteiger partial charge in [-0.2, -0.15) is 0 Å². The smallest absolute Gasteiger partial charge is 0.294 e. The Balaban J connectivity index is 1.54. The van der Waals surface area contributed by atoms with Crippen molar-refractivity contribution in [3.05, 3.63) is 39.6 Å². The first-order valence-electron chi connectivity index (χ1n) is 10.0. The summed E-state index contributed by atoms with van der Waals surface area (Å²) in [7, 11) is 0. The van der Waals surface area contributed by atoms with E-state index in [4.69, 9.17) is 0 Å². The summed E-state index contributed by atoms with van der Waals surface area (Å²) in [5.74, 6) is 0.301. The first-order chi connectivity index (χ1) is 14.2. The number of para-hydroxylation sites is 2. The number of carbonyl (C=O) groups excluding carboxylic acids is 1. The highest BCUT2D eigenvalue weighted by molar-refractivity contribution is 7.15. The van der Waals surface area contributed by atoms with Crippen LogP contribution in [0.25, 0.3) is 11.0 Å². The molecule has 0 bridgehead atoms. The number of aromatic nitrogens is 4. The maximum atomic E-state index is 13.1. The first kappa shape index (κ1) is 19.5. The molecule has 1 aliphatic rings. The summed E-state index contributed by atoms with van der Waals surface area (Å²) in [4.78, 5) is 32.2. The fourth-order valence-corrected chi connectivity index (χ4v) is 4.41. The first-order valence-corrected chi connectivity index (χ1v) is 10.8. The third-order valence-corrected chi connectivity index (χ3v) is 5.88. The van der Waals surface area contributed by atoms with Crippen molar-refractivity contribution in [2.24, 2.45) is 0 Å². The lowest BCUT2D eigenvalue weighted by Gasteiger charge is -2.18. The summed E-state index contributed by atoms with van der Waals surface area (Å²) in [6.07, 6.45) is 4.15. The van der Waals surface area contributed by atoms with Crippen LogP contribution >= 0.6 is 11.3 Å². The van der Waals surface area contributed by atoms with Gasteiger partial charge in [-0.25, -0.2) is 4.98 Å². The van der Waals surface area contributed by atoms with Crippen LogP contribution in [-0.4, -0.2) is 38.7 Å². The van der Waals surface area contributed by atoms with Gasteiger partial charge in [-0.1, -0.05) is 30.4 Å². The molecule has 1 amide bonds. The van der Waals surface area contributed by atoms with Crippen LogP contribution in [0.15, 0.2) is 29.1 Å². The maximum absolute atomic E-state index is 13.1. The molecule has 1 N–H and O–H groups in total. The van der Waals surface area contributed by atoms with E-state index in [-0.39, 0.29) is 24.4 Å². The van der Waals surface area contributed by atoms with Gasteiger partial charge in [0, 0.05) is 32.5 Å². The lowest BCUT2D eigenvalue weighted by molar-refractivity contribution is -0.116. The molecule has 0 radical (unpaired) electrons. The summed E-state index contributed by atoms with van der Waals surface area (Å²) in [6, 6.07) is 7.57.